The first-order valence-electron chi connectivity index (χ1n) is 8.64. The Morgan fingerprint density at radius 3 is 2.63 bits per heavy atom. The number of methoxy groups -OCH3 is 1. The minimum atomic E-state index is -1.17. The predicted molar refractivity (Wildman–Crippen MR) is 106 cm³/mol. The van der Waals surface area contributed by atoms with Crippen molar-refractivity contribution in [1.82, 2.24) is 21.2 Å². The van der Waals surface area contributed by atoms with E-state index in [9.17, 15) is 14.0 Å². The van der Waals surface area contributed by atoms with E-state index in [1.165, 1.54) is 50.7 Å². The SMILES string of the molecule is CNC(=O)C1=C(Nc2cc(F)cc(-c3ccc(C(=O)O)nc3)c2OC)C=C(N)NN1. The van der Waals surface area contributed by atoms with E-state index in [1.54, 1.807) is 0 Å². The van der Waals surface area contributed by atoms with Crippen molar-refractivity contribution in [2.45, 2.75) is 0 Å². The molecule has 1 aliphatic rings. The van der Waals surface area contributed by atoms with E-state index in [0.29, 0.717) is 11.1 Å². The van der Waals surface area contributed by atoms with Gasteiger partial charge in [-0.25, -0.2) is 14.2 Å². The van der Waals surface area contributed by atoms with Crippen LogP contribution in [-0.2, 0) is 4.79 Å². The van der Waals surface area contributed by atoms with Crippen LogP contribution >= 0.6 is 0 Å². The maximum atomic E-state index is 14.4. The summed E-state index contributed by atoms with van der Waals surface area (Å²) in [4.78, 5) is 27.0. The van der Waals surface area contributed by atoms with Crippen LogP contribution in [0.1, 0.15) is 10.5 Å². The van der Waals surface area contributed by atoms with E-state index >= 15 is 0 Å². The second-order valence-corrected chi connectivity index (χ2v) is 6.11. The third kappa shape index (κ3) is 4.09. The first-order chi connectivity index (χ1) is 14.3. The van der Waals surface area contributed by atoms with E-state index in [-0.39, 0.29) is 34.3 Å². The number of halogens is 1. The summed E-state index contributed by atoms with van der Waals surface area (Å²) in [5.41, 5.74) is 12.3. The number of carboxylic acid groups (broad SMARTS) is 1. The molecule has 0 bridgehead atoms. The number of nitrogens with zero attached hydrogens (tertiary/aromatic N) is 1. The van der Waals surface area contributed by atoms with Crippen molar-refractivity contribution in [3.63, 3.8) is 0 Å². The number of benzene rings is 1. The number of ether oxygens (including phenoxy) is 1. The highest BCUT2D eigenvalue weighted by atomic mass is 19.1. The number of carboxylic acids is 1. The molecule has 0 saturated carbocycles. The molecule has 0 unspecified atom stereocenters. The molecule has 0 saturated heterocycles. The van der Waals surface area contributed by atoms with E-state index in [4.69, 9.17) is 15.6 Å². The number of rotatable bonds is 6. The zero-order chi connectivity index (χ0) is 21.8. The summed E-state index contributed by atoms with van der Waals surface area (Å²) in [7, 11) is 2.87. The number of hydrogen-bond donors (Lipinski definition) is 6. The van der Waals surface area contributed by atoms with Gasteiger partial charge in [-0.15, -0.1) is 0 Å². The first kappa shape index (κ1) is 20.5. The normalized spacial score (nSPS) is 13.0. The summed E-state index contributed by atoms with van der Waals surface area (Å²) in [5, 5.41) is 14.5. The first-order valence-corrected chi connectivity index (χ1v) is 8.64. The lowest BCUT2D eigenvalue weighted by Crippen LogP contribution is -2.43. The molecule has 0 aliphatic carbocycles. The predicted octanol–water partition coefficient (Wildman–Crippen LogP) is 0.872. The minimum absolute atomic E-state index is 0.132. The zero-order valence-electron chi connectivity index (χ0n) is 16.0. The molecule has 1 aromatic heterocycles. The lowest BCUT2D eigenvalue weighted by Gasteiger charge is -2.23. The zero-order valence-corrected chi connectivity index (χ0v) is 16.0. The Morgan fingerprint density at radius 1 is 1.27 bits per heavy atom. The summed E-state index contributed by atoms with van der Waals surface area (Å²) in [6.45, 7) is 0. The Labute approximate surface area is 170 Å². The number of aromatic nitrogens is 1. The standard InChI is InChI=1S/C19H19FN6O4/c1-22-18(27)16-13(7-15(21)25-26-16)24-14-6-10(20)5-11(17(14)30-2)9-3-4-12(19(28)29)23-8-9/h3-8,24-26H,21H2,1-2H3,(H,22,27)(H,28,29). The van der Waals surface area contributed by atoms with Gasteiger partial charge in [0.05, 0.1) is 18.5 Å². The summed E-state index contributed by atoms with van der Waals surface area (Å²) in [6.07, 6.45) is 2.78. The van der Waals surface area contributed by atoms with E-state index < -0.39 is 17.7 Å². The summed E-state index contributed by atoms with van der Waals surface area (Å²) in [6, 6.07) is 5.24. The van der Waals surface area contributed by atoms with Gasteiger partial charge in [0.25, 0.3) is 5.91 Å². The van der Waals surface area contributed by atoms with Crippen LogP contribution in [0, 0.1) is 5.82 Å². The Balaban J connectivity index is 2.09. The van der Waals surface area contributed by atoms with E-state index in [1.807, 2.05) is 0 Å². The fraction of sp³-hybridized carbons (Fsp3) is 0.105. The quantitative estimate of drug-likeness (QED) is 0.405. The number of nitrogens with one attached hydrogen (secondary N) is 4. The molecule has 3 rings (SSSR count). The lowest BCUT2D eigenvalue weighted by molar-refractivity contribution is -0.117. The lowest BCUT2D eigenvalue weighted by atomic mass is 10.0. The van der Waals surface area contributed by atoms with E-state index in [2.05, 4.69) is 26.5 Å². The van der Waals surface area contributed by atoms with Crippen LogP contribution in [0.3, 0.4) is 0 Å². The van der Waals surface area contributed by atoms with Gasteiger partial charge in [-0.3, -0.25) is 15.6 Å². The van der Waals surface area contributed by atoms with Gasteiger partial charge in [-0.2, -0.15) is 0 Å². The van der Waals surface area contributed by atoms with Crippen molar-refractivity contribution < 1.29 is 23.8 Å². The number of aromatic carboxylic acids is 1. The minimum Gasteiger partial charge on any atom is -0.494 e. The van der Waals surface area contributed by atoms with Crippen LogP contribution in [0.5, 0.6) is 5.75 Å². The molecule has 1 amide bonds. The van der Waals surface area contributed by atoms with Crippen LogP contribution in [0.25, 0.3) is 11.1 Å². The molecule has 0 radical (unpaired) electrons. The van der Waals surface area contributed by atoms with Gasteiger partial charge in [-0.1, -0.05) is 6.07 Å². The highest BCUT2D eigenvalue weighted by molar-refractivity contribution is 5.95. The number of carbonyl (C=O) groups is 2. The molecule has 10 nitrogen and oxygen atoms in total. The molecule has 2 aromatic rings. The molecule has 11 heteroatoms. The van der Waals surface area contributed by atoms with Crippen LogP contribution in [0.2, 0.25) is 0 Å². The average molecular weight is 414 g/mol. The topological polar surface area (TPSA) is 151 Å². The maximum absolute atomic E-state index is 14.4. The third-order valence-electron chi connectivity index (χ3n) is 4.18. The van der Waals surface area contributed by atoms with Crippen molar-refractivity contribution >= 4 is 17.6 Å². The molecule has 1 aliphatic heterocycles. The van der Waals surface area contributed by atoms with Crippen LogP contribution < -0.4 is 32.0 Å². The maximum Gasteiger partial charge on any atom is 0.354 e. The molecule has 1 aromatic carbocycles. The van der Waals surface area contributed by atoms with Gasteiger partial charge in [0.15, 0.2) is 0 Å². The summed E-state index contributed by atoms with van der Waals surface area (Å²) < 4.78 is 19.9. The number of hydrazine groups is 1. The number of anilines is 1. The largest absolute Gasteiger partial charge is 0.494 e. The second-order valence-electron chi connectivity index (χ2n) is 6.11. The summed E-state index contributed by atoms with van der Waals surface area (Å²) >= 11 is 0. The molecule has 156 valence electrons. The number of hydrogen-bond acceptors (Lipinski definition) is 8. The monoisotopic (exact) mass is 414 g/mol. The number of likely N-dealkylation sites (N-methyl/N-ethyl adjacent to an activating group) is 1. The third-order valence-corrected chi connectivity index (χ3v) is 4.18. The number of pyridine rings is 1. The Bertz CT molecular complexity index is 1070. The van der Waals surface area contributed by atoms with Crippen molar-refractivity contribution in [2.75, 3.05) is 19.5 Å². The molecular formula is C19H19FN6O4. The Morgan fingerprint density at radius 2 is 2.03 bits per heavy atom. The van der Waals surface area contributed by atoms with E-state index in [0.717, 1.165) is 0 Å². The van der Waals surface area contributed by atoms with Crippen molar-refractivity contribution in [3.8, 4) is 16.9 Å². The number of amides is 1. The van der Waals surface area contributed by atoms with Crippen molar-refractivity contribution in [3.05, 3.63) is 65.3 Å². The molecule has 0 fully saturated rings. The highest BCUT2D eigenvalue weighted by Gasteiger charge is 2.21. The number of carbonyl (C=O) groups excluding carboxylic acids is 1. The average Bonchev–Trinajstić information content (AvgIpc) is 2.73. The molecule has 2 heterocycles. The number of allylic oxidation sites excluding steroid dienone is 1. The van der Waals surface area contributed by atoms with Crippen molar-refractivity contribution in [1.29, 1.82) is 0 Å². The molecular weight excluding hydrogens is 395 g/mol. The highest BCUT2D eigenvalue weighted by Crippen LogP contribution is 2.38. The van der Waals surface area contributed by atoms with Gasteiger partial charge < -0.3 is 26.2 Å². The molecule has 30 heavy (non-hydrogen) atoms. The summed E-state index contributed by atoms with van der Waals surface area (Å²) in [5.74, 6) is -1.70. The van der Waals surface area contributed by atoms with Gasteiger partial charge in [-0.05, 0) is 12.1 Å². The Hall–Kier alpha value is -4.28. The van der Waals surface area contributed by atoms with Gasteiger partial charge >= 0.3 is 5.97 Å². The fourth-order valence-corrected chi connectivity index (χ4v) is 2.81. The fourth-order valence-electron chi connectivity index (χ4n) is 2.81. The van der Waals surface area contributed by atoms with Gasteiger partial charge in [0.1, 0.15) is 28.8 Å². The van der Waals surface area contributed by atoms with Crippen molar-refractivity contribution in [2.24, 2.45) is 5.73 Å². The second kappa shape index (κ2) is 8.39. The molecule has 7 N–H and O–H groups in total. The smallest absolute Gasteiger partial charge is 0.354 e. The molecule has 0 spiro atoms. The van der Waals surface area contributed by atoms with Gasteiger partial charge in [0, 0.05) is 36.5 Å². The number of nitrogens with two attached hydrogens (primary N) is 1. The molecule has 0 atom stereocenters. The van der Waals surface area contributed by atoms with Crippen LogP contribution in [-0.4, -0.2) is 36.1 Å². The van der Waals surface area contributed by atoms with Crippen LogP contribution in [0.4, 0.5) is 10.1 Å². The van der Waals surface area contributed by atoms with Gasteiger partial charge in [0.2, 0.25) is 0 Å². The van der Waals surface area contributed by atoms with Crippen LogP contribution in [0.15, 0.2) is 53.8 Å². The Kier molecular flexibility index (Phi) is 5.72.